The summed E-state index contributed by atoms with van der Waals surface area (Å²) in [5, 5.41) is 5.32. The Kier molecular flexibility index (Phi) is 8.63. The van der Waals surface area contributed by atoms with Crippen molar-refractivity contribution >= 4 is 21.5 Å². The number of fused-ring (bicyclic) bond motifs is 2. The third kappa shape index (κ3) is 4.71. The SMILES string of the molecule is [F-].[F-].[Hf+4].c1ccc2[cH-]ccc2c1.c1ccc2[cH-]ccc2c1. The second-order valence-corrected chi connectivity index (χ2v) is 4.31. The Labute approximate surface area is 141 Å². The Balaban J connectivity index is 0.000000333. The second kappa shape index (κ2) is 9.35. The van der Waals surface area contributed by atoms with Crippen molar-refractivity contribution in [3.8, 4) is 0 Å². The molecule has 0 aliphatic rings. The van der Waals surface area contributed by atoms with Gasteiger partial charge in [-0.25, -0.2) is 0 Å². The van der Waals surface area contributed by atoms with Gasteiger partial charge >= 0.3 is 25.8 Å². The average Bonchev–Trinajstić information content (AvgIpc) is 3.08. The summed E-state index contributed by atoms with van der Waals surface area (Å²) in [6, 6.07) is 29.3. The Morgan fingerprint density at radius 3 is 1.29 bits per heavy atom. The molecule has 4 rings (SSSR count). The number of benzene rings is 2. The third-order valence-corrected chi connectivity index (χ3v) is 3.10. The standard InChI is InChI=1S/2C9H7.2FH.Hf/c2*1-2-5-9-7-3-6-8(9)4-1;;;/h2*1-7H;2*1H;/q2*-1;;;+4/p-2. The van der Waals surface area contributed by atoms with Crippen molar-refractivity contribution in [1.82, 2.24) is 0 Å². The van der Waals surface area contributed by atoms with Crippen LogP contribution in [0.25, 0.3) is 21.5 Å². The Morgan fingerprint density at radius 2 is 0.905 bits per heavy atom. The first-order valence-electron chi connectivity index (χ1n) is 6.14. The van der Waals surface area contributed by atoms with Gasteiger partial charge in [0.1, 0.15) is 0 Å². The first-order valence-corrected chi connectivity index (χ1v) is 6.14. The van der Waals surface area contributed by atoms with Crippen LogP contribution in [-0.2, 0) is 25.8 Å². The van der Waals surface area contributed by atoms with Gasteiger partial charge in [-0.2, -0.15) is 35.0 Å². The summed E-state index contributed by atoms with van der Waals surface area (Å²) < 4.78 is 0. The van der Waals surface area contributed by atoms with Crippen LogP contribution in [0, 0.1) is 0 Å². The molecule has 3 heteroatoms. The fourth-order valence-corrected chi connectivity index (χ4v) is 2.14. The maximum Gasteiger partial charge on any atom is 4.00 e. The minimum atomic E-state index is 0. The van der Waals surface area contributed by atoms with Crippen molar-refractivity contribution in [1.29, 1.82) is 0 Å². The van der Waals surface area contributed by atoms with Crippen molar-refractivity contribution in [2.45, 2.75) is 0 Å². The van der Waals surface area contributed by atoms with Gasteiger partial charge in [0.2, 0.25) is 0 Å². The topological polar surface area (TPSA) is 0 Å². The molecule has 0 aromatic heterocycles. The number of halogens is 2. The van der Waals surface area contributed by atoms with Crippen LogP contribution < -0.4 is 9.41 Å². The van der Waals surface area contributed by atoms with Crippen LogP contribution in [0.1, 0.15) is 0 Å². The molecule has 0 nitrogen and oxygen atoms in total. The van der Waals surface area contributed by atoms with E-state index in [1.165, 1.54) is 21.5 Å². The zero-order valence-electron chi connectivity index (χ0n) is 11.3. The van der Waals surface area contributed by atoms with E-state index >= 15 is 0 Å². The van der Waals surface area contributed by atoms with Gasteiger partial charge in [-0.3, -0.25) is 0 Å². The third-order valence-electron chi connectivity index (χ3n) is 3.10. The largest absolute Gasteiger partial charge is 4.00 e. The van der Waals surface area contributed by atoms with Crippen molar-refractivity contribution in [3.63, 3.8) is 0 Å². The molecule has 0 unspecified atom stereocenters. The molecule has 0 aliphatic heterocycles. The maximum absolute atomic E-state index is 2.12. The minimum Gasteiger partial charge on any atom is -1.00 e. The summed E-state index contributed by atoms with van der Waals surface area (Å²) in [6.07, 6.45) is 0. The van der Waals surface area contributed by atoms with Gasteiger partial charge in [-0.1, -0.05) is 12.1 Å². The quantitative estimate of drug-likeness (QED) is 0.243. The molecule has 0 amide bonds. The van der Waals surface area contributed by atoms with Crippen molar-refractivity contribution < 1.29 is 35.3 Å². The van der Waals surface area contributed by atoms with E-state index < -0.39 is 0 Å². The van der Waals surface area contributed by atoms with E-state index in [0.29, 0.717) is 0 Å². The fourth-order valence-electron chi connectivity index (χ4n) is 2.14. The first-order chi connectivity index (χ1) is 8.93. The molecular formula is C18H14F2Hf. The molecule has 0 bridgehead atoms. The molecule has 0 heterocycles. The maximum atomic E-state index is 2.12. The molecular weight excluding hydrogens is 433 g/mol. The fraction of sp³-hybridized carbons (Fsp3) is 0. The van der Waals surface area contributed by atoms with Crippen LogP contribution in [0.5, 0.6) is 0 Å². The van der Waals surface area contributed by atoms with E-state index in [0.717, 1.165) is 0 Å². The van der Waals surface area contributed by atoms with Gasteiger partial charge in [0.05, 0.1) is 0 Å². The molecule has 104 valence electrons. The molecule has 0 N–H and O–H groups in total. The molecule has 0 saturated carbocycles. The summed E-state index contributed by atoms with van der Waals surface area (Å²) in [6.45, 7) is 0. The van der Waals surface area contributed by atoms with Crippen LogP contribution >= 0.6 is 0 Å². The molecule has 0 fully saturated rings. The molecule has 0 atom stereocenters. The first kappa shape index (κ1) is 19.4. The molecule has 0 radical (unpaired) electrons. The Hall–Kier alpha value is -1.61. The summed E-state index contributed by atoms with van der Waals surface area (Å²) >= 11 is 0. The average molecular weight is 447 g/mol. The van der Waals surface area contributed by atoms with Gasteiger partial charge in [-0.05, 0) is 0 Å². The van der Waals surface area contributed by atoms with Crippen LogP contribution in [0.3, 0.4) is 0 Å². The summed E-state index contributed by atoms with van der Waals surface area (Å²) in [5.74, 6) is 0. The van der Waals surface area contributed by atoms with Crippen LogP contribution in [0.2, 0.25) is 0 Å². The van der Waals surface area contributed by atoms with Gasteiger partial charge in [-0.15, -0.1) is 59.3 Å². The van der Waals surface area contributed by atoms with E-state index in [4.69, 9.17) is 0 Å². The summed E-state index contributed by atoms with van der Waals surface area (Å²) in [5.41, 5.74) is 0. The monoisotopic (exact) mass is 448 g/mol. The number of hydrogen-bond acceptors (Lipinski definition) is 0. The molecule has 0 aliphatic carbocycles. The number of hydrogen-bond donors (Lipinski definition) is 0. The van der Waals surface area contributed by atoms with Gasteiger partial charge in [0.15, 0.2) is 0 Å². The zero-order valence-corrected chi connectivity index (χ0v) is 14.9. The molecule has 0 saturated heterocycles. The molecule has 4 aromatic carbocycles. The van der Waals surface area contributed by atoms with E-state index in [-0.39, 0.29) is 35.3 Å². The second-order valence-electron chi connectivity index (χ2n) is 4.31. The van der Waals surface area contributed by atoms with Crippen LogP contribution in [-0.4, -0.2) is 0 Å². The Morgan fingerprint density at radius 1 is 0.524 bits per heavy atom. The molecule has 0 spiro atoms. The van der Waals surface area contributed by atoms with Crippen molar-refractivity contribution in [3.05, 3.63) is 84.9 Å². The zero-order chi connectivity index (χ0) is 12.2. The predicted molar refractivity (Wildman–Crippen MR) is 79.1 cm³/mol. The minimum absolute atomic E-state index is 0. The van der Waals surface area contributed by atoms with Crippen molar-refractivity contribution in [2.75, 3.05) is 0 Å². The normalized spacial score (nSPS) is 8.76. The predicted octanol–water partition coefficient (Wildman–Crippen LogP) is -0.877. The number of rotatable bonds is 0. The van der Waals surface area contributed by atoms with Gasteiger partial charge in [0.25, 0.3) is 0 Å². The van der Waals surface area contributed by atoms with E-state index in [2.05, 4.69) is 84.9 Å². The van der Waals surface area contributed by atoms with Gasteiger partial charge < -0.3 is 9.41 Å². The van der Waals surface area contributed by atoms with Crippen LogP contribution in [0.4, 0.5) is 0 Å². The van der Waals surface area contributed by atoms with E-state index in [9.17, 15) is 0 Å². The Bertz CT molecular complexity index is 629. The summed E-state index contributed by atoms with van der Waals surface area (Å²) in [7, 11) is 0. The van der Waals surface area contributed by atoms with E-state index in [1.54, 1.807) is 0 Å². The summed E-state index contributed by atoms with van der Waals surface area (Å²) in [4.78, 5) is 0. The van der Waals surface area contributed by atoms with Gasteiger partial charge in [0, 0.05) is 0 Å². The smallest absolute Gasteiger partial charge is 1.00 e. The van der Waals surface area contributed by atoms with Crippen molar-refractivity contribution in [2.24, 2.45) is 0 Å². The molecule has 21 heavy (non-hydrogen) atoms. The van der Waals surface area contributed by atoms with Crippen LogP contribution in [0.15, 0.2) is 84.9 Å². The molecule has 4 aromatic rings. The van der Waals surface area contributed by atoms with E-state index in [1.807, 2.05) is 0 Å².